The van der Waals surface area contributed by atoms with Crippen molar-refractivity contribution in [3.8, 4) is 5.69 Å². The lowest BCUT2D eigenvalue weighted by Crippen LogP contribution is -2.24. The molecule has 6 heteroatoms. The van der Waals surface area contributed by atoms with Crippen LogP contribution in [0.4, 0.5) is 13.2 Å². The third kappa shape index (κ3) is 4.46. The van der Waals surface area contributed by atoms with Crippen LogP contribution in [0, 0.1) is 0 Å². The number of halogens is 3. The molecule has 2 aromatic carbocycles. The molecule has 148 valence electrons. The van der Waals surface area contributed by atoms with E-state index < -0.39 is 18.3 Å². The molecule has 1 heterocycles. The zero-order valence-corrected chi connectivity index (χ0v) is 15.7. The van der Waals surface area contributed by atoms with E-state index in [1.807, 2.05) is 43.3 Å². The summed E-state index contributed by atoms with van der Waals surface area (Å²) in [6.45, 7) is 3.52. The minimum absolute atomic E-state index is 0.00624. The third-order valence-corrected chi connectivity index (χ3v) is 4.75. The fraction of sp³-hybridized carbons (Fsp3) is 0.273. The van der Waals surface area contributed by atoms with Gasteiger partial charge in [0.25, 0.3) is 0 Å². The SMILES string of the molecule is CCN(Cc1ccccc1)Cc1cccn1-c1c(CO)cccc1C(F)(F)F. The molecule has 0 bridgehead atoms. The zero-order valence-electron chi connectivity index (χ0n) is 15.7. The van der Waals surface area contributed by atoms with Gasteiger partial charge < -0.3 is 9.67 Å². The maximum Gasteiger partial charge on any atom is 0.418 e. The Kier molecular flexibility index (Phi) is 6.21. The van der Waals surface area contributed by atoms with Crippen LogP contribution in [-0.2, 0) is 25.9 Å². The minimum Gasteiger partial charge on any atom is -0.392 e. The third-order valence-electron chi connectivity index (χ3n) is 4.75. The predicted octanol–water partition coefficient (Wildman–Crippen LogP) is 5.01. The van der Waals surface area contributed by atoms with Crippen molar-refractivity contribution in [1.29, 1.82) is 0 Å². The summed E-state index contributed by atoms with van der Waals surface area (Å²) in [7, 11) is 0. The molecule has 1 aromatic heterocycles. The van der Waals surface area contributed by atoms with Crippen molar-refractivity contribution in [3.05, 3.63) is 89.2 Å². The van der Waals surface area contributed by atoms with Gasteiger partial charge in [0, 0.05) is 30.5 Å². The maximum absolute atomic E-state index is 13.6. The summed E-state index contributed by atoms with van der Waals surface area (Å²) in [6.07, 6.45) is -2.88. The van der Waals surface area contributed by atoms with Crippen LogP contribution in [0.2, 0.25) is 0 Å². The molecule has 1 N–H and O–H groups in total. The Morgan fingerprint density at radius 3 is 2.32 bits per heavy atom. The average molecular weight is 388 g/mol. The van der Waals surface area contributed by atoms with Crippen molar-refractivity contribution in [2.45, 2.75) is 32.8 Å². The molecule has 0 unspecified atom stereocenters. The van der Waals surface area contributed by atoms with Gasteiger partial charge in [0.05, 0.1) is 17.9 Å². The molecule has 0 fully saturated rings. The summed E-state index contributed by atoms with van der Waals surface area (Å²) >= 11 is 0. The Hall–Kier alpha value is -2.57. The highest BCUT2D eigenvalue weighted by Crippen LogP contribution is 2.36. The van der Waals surface area contributed by atoms with Crippen LogP contribution >= 0.6 is 0 Å². The van der Waals surface area contributed by atoms with Crippen molar-refractivity contribution >= 4 is 0 Å². The van der Waals surface area contributed by atoms with Crippen molar-refractivity contribution in [2.24, 2.45) is 0 Å². The molecule has 3 nitrogen and oxygen atoms in total. The Morgan fingerprint density at radius 1 is 0.929 bits per heavy atom. The van der Waals surface area contributed by atoms with Crippen molar-refractivity contribution in [2.75, 3.05) is 6.54 Å². The van der Waals surface area contributed by atoms with Gasteiger partial charge >= 0.3 is 6.18 Å². The average Bonchev–Trinajstić information content (AvgIpc) is 3.14. The number of hydrogen-bond acceptors (Lipinski definition) is 2. The second kappa shape index (κ2) is 8.63. The molecule has 3 rings (SSSR count). The second-order valence-corrected chi connectivity index (χ2v) is 6.63. The van der Waals surface area contributed by atoms with Crippen molar-refractivity contribution in [3.63, 3.8) is 0 Å². The van der Waals surface area contributed by atoms with Gasteiger partial charge in [-0.1, -0.05) is 49.4 Å². The van der Waals surface area contributed by atoms with E-state index in [0.717, 1.165) is 23.9 Å². The smallest absolute Gasteiger partial charge is 0.392 e. The van der Waals surface area contributed by atoms with Crippen LogP contribution in [0.25, 0.3) is 5.69 Å². The van der Waals surface area contributed by atoms with Crippen LogP contribution in [0.3, 0.4) is 0 Å². The molecule has 0 radical (unpaired) electrons. The Balaban J connectivity index is 1.96. The van der Waals surface area contributed by atoms with E-state index in [2.05, 4.69) is 4.90 Å². The van der Waals surface area contributed by atoms with Crippen LogP contribution < -0.4 is 0 Å². The number of alkyl halides is 3. The number of nitrogens with zero attached hydrogens (tertiary/aromatic N) is 2. The van der Waals surface area contributed by atoms with E-state index >= 15 is 0 Å². The normalized spacial score (nSPS) is 11.9. The second-order valence-electron chi connectivity index (χ2n) is 6.63. The van der Waals surface area contributed by atoms with E-state index in [9.17, 15) is 18.3 Å². The monoisotopic (exact) mass is 388 g/mol. The maximum atomic E-state index is 13.6. The number of aliphatic hydroxyl groups excluding tert-OH is 1. The molecule has 0 saturated heterocycles. The van der Waals surface area contributed by atoms with Crippen LogP contribution in [-0.4, -0.2) is 21.1 Å². The predicted molar refractivity (Wildman–Crippen MR) is 103 cm³/mol. The van der Waals surface area contributed by atoms with Gasteiger partial charge in [-0.15, -0.1) is 0 Å². The first-order chi connectivity index (χ1) is 13.4. The van der Waals surface area contributed by atoms with Crippen LogP contribution in [0.15, 0.2) is 66.9 Å². The topological polar surface area (TPSA) is 28.4 Å². The van der Waals surface area contributed by atoms with Gasteiger partial charge in [0.1, 0.15) is 0 Å². The van der Waals surface area contributed by atoms with Crippen molar-refractivity contribution in [1.82, 2.24) is 9.47 Å². The largest absolute Gasteiger partial charge is 0.418 e. The highest BCUT2D eigenvalue weighted by molar-refractivity contribution is 5.51. The van der Waals surface area contributed by atoms with E-state index in [0.29, 0.717) is 13.1 Å². The van der Waals surface area contributed by atoms with Crippen molar-refractivity contribution < 1.29 is 18.3 Å². The fourth-order valence-electron chi connectivity index (χ4n) is 3.35. The summed E-state index contributed by atoms with van der Waals surface area (Å²) in [5.74, 6) is 0. The molecule has 0 amide bonds. The summed E-state index contributed by atoms with van der Waals surface area (Å²) in [4.78, 5) is 2.16. The number of rotatable bonds is 7. The van der Waals surface area contributed by atoms with Crippen LogP contribution in [0.5, 0.6) is 0 Å². The first-order valence-electron chi connectivity index (χ1n) is 9.17. The lowest BCUT2D eigenvalue weighted by atomic mass is 10.1. The summed E-state index contributed by atoms with van der Waals surface area (Å²) < 4.78 is 42.3. The fourth-order valence-corrected chi connectivity index (χ4v) is 3.35. The molecular weight excluding hydrogens is 365 g/mol. The highest BCUT2D eigenvalue weighted by atomic mass is 19.4. The minimum atomic E-state index is -4.50. The number of aromatic nitrogens is 1. The molecule has 28 heavy (non-hydrogen) atoms. The number of para-hydroxylation sites is 1. The summed E-state index contributed by atoms with van der Waals surface area (Å²) in [6, 6.07) is 17.4. The van der Waals surface area contributed by atoms with Gasteiger partial charge in [-0.3, -0.25) is 4.90 Å². The molecule has 0 saturated carbocycles. The van der Waals surface area contributed by atoms with Gasteiger partial charge in [-0.2, -0.15) is 13.2 Å². The van der Waals surface area contributed by atoms with Gasteiger partial charge in [-0.25, -0.2) is 0 Å². The van der Waals surface area contributed by atoms with E-state index in [1.54, 1.807) is 16.8 Å². The summed E-state index contributed by atoms with van der Waals surface area (Å²) in [5.41, 5.74) is 1.38. The first-order valence-corrected chi connectivity index (χ1v) is 9.17. The number of benzene rings is 2. The molecular formula is C22H23F3N2O. The summed E-state index contributed by atoms with van der Waals surface area (Å²) in [5, 5.41) is 9.63. The highest BCUT2D eigenvalue weighted by Gasteiger charge is 2.35. The number of aliphatic hydroxyl groups is 1. The van der Waals surface area contributed by atoms with Gasteiger partial charge in [0.2, 0.25) is 0 Å². The van der Waals surface area contributed by atoms with E-state index in [-0.39, 0.29) is 11.3 Å². The van der Waals surface area contributed by atoms with E-state index in [1.165, 1.54) is 12.1 Å². The quantitative estimate of drug-likeness (QED) is 0.616. The van der Waals surface area contributed by atoms with Gasteiger partial charge in [-0.05, 0) is 30.3 Å². The van der Waals surface area contributed by atoms with Crippen LogP contribution in [0.1, 0.15) is 29.3 Å². The molecule has 0 spiro atoms. The van der Waals surface area contributed by atoms with Gasteiger partial charge in [0.15, 0.2) is 0 Å². The number of hydrogen-bond donors (Lipinski definition) is 1. The standard InChI is InChI=1S/C22H23F3N2O/c1-2-26(14-17-8-4-3-5-9-17)15-19-11-7-13-27(19)21-18(16-28)10-6-12-20(21)22(23,24)25/h3-13,28H,2,14-16H2,1H3. The molecule has 0 atom stereocenters. The molecule has 0 aliphatic carbocycles. The first kappa shape index (κ1) is 20.2. The lowest BCUT2D eigenvalue weighted by Gasteiger charge is -2.24. The zero-order chi connectivity index (χ0) is 20.1. The molecule has 0 aliphatic rings. The Labute approximate surface area is 162 Å². The Morgan fingerprint density at radius 2 is 1.68 bits per heavy atom. The van der Waals surface area contributed by atoms with E-state index in [4.69, 9.17) is 0 Å². The Bertz CT molecular complexity index is 904. The molecule has 3 aromatic rings. The lowest BCUT2D eigenvalue weighted by molar-refractivity contribution is -0.137. The molecule has 0 aliphatic heterocycles.